The number of nitrogens with zero attached hydrogens (tertiary/aromatic N) is 3. The van der Waals surface area contributed by atoms with Gasteiger partial charge in [0.2, 0.25) is 0 Å². The molecule has 0 spiro atoms. The molecular weight excluding hydrogens is 276 g/mol. The van der Waals surface area contributed by atoms with Crippen LogP contribution in [0.3, 0.4) is 0 Å². The lowest BCUT2D eigenvalue weighted by Gasteiger charge is -2.11. The fourth-order valence-corrected chi connectivity index (χ4v) is 3.57. The Labute approximate surface area is 120 Å². The van der Waals surface area contributed by atoms with Gasteiger partial charge in [-0.05, 0) is 29.9 Å². The van der Waals surface area contributed by atoms with E-state index in [4.69, 9.17) is 0 Å². The number of nitro groups is 1. The van der Waals surface area contributed by atoms with Crippen molar-refractivity contribution >= 4 is 34.2 Å². The van der Waals surface area contributed by atoms with Crippen molar-refractivity contribution in [3.63, 3.8) is 0 Å². The Kier molecular flexibility index (Phi) is 3.68. The molecule has 104 valence electrons. The summed E-state index contributed by atoms with van der Waals surface area (Å²) in [7, 11) is 0. The molecule has 1 atom stereocenters. The van der Waals surface area contributed by atoms with E-state index in [-0.39, 0.29) is 5.69 Å². The number of hydrogen-bond donors (Lipinski definition) is 1. The first-order chi connectivity index (χ1) is 9.74. The molecule has 7 heteroatoms. The van der Waals surface area contributed by atoms with Crippen molar-refractivity contribution in [2.75, 3.05) is 23.4 Å². The normalized spacial score (nSPS) is 18.3. The number of nitro benzene ring substituents is 1. The minimum Gasteiger partial charge on any atom is -0.369 e. The highest BCUT2D eigenvalue weighted by atomic mass is 32.2. The Bertz CT molecular complexity index is 643. The third-order valence-corrected chi connectivity index (χ3v) is 4.64. The number of nitrogens with one attached hydrogen (secondary N) is 1. The summed E-state index contributed by atoms with van der Waals surface area (Å²) in [6.07, 6.45) is 2.70. The SMILES string of the molecule is O=[N+]([O-])c1ccc2ncnc(NCC3CCSC3)c2c1. The summed E-state index contributed by atoms with van der Waals surface area (Å²) in [5.41, 5.74) is 0.778. The minimum atomic E-state index is -0.399. The molecule has 1 N–H and O–H groups in total. The van der Waals surface area contributed by atoms with Crippen molar-refractivity contribution in [2.45, 2.75) is 6.42 Å². The van der Waals surface area contributed by atoms with Crippen molar-refractivity contribution in [1.82, 2.24) is 9.97 Å². The molecule has 1 unspecified atom stereocenters. The second-order valence-electron chi connectivity index (χ2n) is 4.79. The number of hydrogen-bond acceptors (Lipinski definition) is 6. The topological polar surface area (TPSA) is 81.0 Å². The predicted molar refractivity (Wildman–Crippen MR) is 80.1 cm³/mol. The average Bonchev–Trinajstić information content (AvgIpc) is 2.97. The van der Waals surface area contributed by atoms with Crippen LogP contribution >= 0.6 is 11.8 Å². The van der Waals surface area contributed by atoms with Gasteiger partial charge >= 0.3 is 0 Å². The van der Waals surface area contributed by atoms with Crippen molar-refractivity contribution in [2.24, 2.45) is 5.92 Å². The van der Waals surface area contributed by atoms with Gasteiger partial charge in [0.05, 0.1) is 10.4 Å². The maximum absolute atomic E-state index is 10.9. The Morgan fingerprint density at radius 3 is 3.10 bits per heavy atom. The highest BCUT2D eigenvalue weighted by Crippen LogP contribution is 2.26. The number of aromatic nitrogens is 2. The Balaban J connectivity index is 1.88. The predicted octanol–water partition coefficient (Wildman–Crippen LogP) is 2.70. The van der Waals surface area contributed by atoms with Gasteiger partial charge in [0.25, 0.3) is 5.69 Å². The zero-order valence-electron chi connectivity index (χ0n) is 10.8. The summed E-state index contributed by atoms with van der Waals surface area (Å²) in [5, 5.41) is 14.9. The summed E-state index contributed by atoms with van der Waals surface area (Å²) >= 11 is 1.97. The van der Waals surface area contributed by atoms with Gasteiger partial charge in [0.1, 0.15) is 12.1 Å². The molecule has 2 heterocycles. The van der Waals surface area contributed by atoms with Gasteiger partial charge in [-0.25, -0.2) is 9.97 Å². The standard InChI is InChI=1S/C13H14N4O2S/c18-17(19)10-1-2-12-11(5-10)13(16-8-15-12)14-6-9-3-4-20-7-9/h1-2,5,8-9H,3-4,6-7H2,(H,14,15,16). The molecule has 1 aliphatic heterocycles. The van der Waals surface area contributed by atoms with Crippen LogP contribution in [-0.4, -0.2) is 32.9 Å². The minimum absolute atomic E-state index is 0.0618. The number of benzene rings is 1. The zero-order valence-corrected chi connectivity index (χ0v) is 11.6. The van der Waals surface area contributed by atoms with Crippen LogP contribution in [0.25, 0.3) is 10.9 Å². The number of rotatable bonds is 4. The fraction of sp³-hybridized carbons (Fsp3) is 0.385. The van der Waals surface area contributed by atoms with Crippen LogP contribution in [0.15, 0.2) is 24.5 Å². The maximum atomic E-state index is 10.9. The Morgan fingerprint density at radius 1 is 1.45 bits per heavy atom. The van der Waals surface area contributed by atoms with Crippen molar-refractivity contribution in [1.29, 1.82) is 0 Å². The lowest BCUT2D eigenvalue weighted by molar-refractivity contribution is -0.384. The van der Waals surface area contributed by atoms with Gasteiger partial charge in [-0.15, -0.1) is 0 Å². The summed E-state index contributed by atoms with van der Waals surface area (Å²) < 4.78 is 0. The van der Waals surface area contributed by atoms with Gasteiger partial charge in [0.15, 0.2) is 0 Å². The molecule has 1 fully saturated rings. The van der Waals surface area contributed by atoms with Crippen molar-refractivity contribution < 1.29 is 4.92 Å². The molecule has 1 aromatic heterocycles. The lowest BCUT2D eigenvalue weighted by Crippen LogP contribution is -2.14. The van der Waals surface area contributed by atoms with E-state index in [2.05, 4.69) is 15.3 Å². The number of non-ortho nitro benzene ring substituents is 1. The van der Waals surface area contributed by atoms with E-state index in [1.165, 1.54) is 30.6 Å². The Morgan fingerprint density at radius 2 is 2.35 bits per heavy atom. The molecular formula is C13H14N4O2S. The summed E-state index contributed by atoms with van der Waals surface area (Å²) in [4.78, 5) is 18.8. The van der Waals surface area contributed by atoms with Crippen molar-refractivity contribution in [3.8, 4) is 0 Å². The highest BCUT2D eigenvalue weighted by Gasteiger charge is 2.16. The first-order valence-electron chi connectivity index (χ1n) is 6.45. The van der Waals surface area contributed by atoms with Crippen LogP contribution in [0.2, 0.25) is 0 Å². The Hall–Kier alpha value is -1.89. The number of anilines is 1. The molecule has 0 bridgehead atoms. The molecule has 1 aromatic carbocycles. The molecule has 0 saturated carbocycles. The van der Waals surface area contributed by atoms with Gasteiger partial charge in [-0.2, -0.15) is 11.8 Å². The van der Waals surface area contributed by atoms with E-state index in [1.54, 1.807) is 6.07 Å². The molecule has 3 rings (SSSR count). The van der Waals surface area contributed by atoms with Crippen LogP contribution < -0.4 is 5.32 Å². The van der Waals surface area contributed by atoms with Gasteiger partial charge in [-0.1, -0.05) is 0 Å². The second-order valence-corrected chi connectivity index (χ2v) is 5.94. The molecule has 6 nitrogen and oxygen atoms in total. The van der Waals surface area contributed by atoms with E-state index < -0.39 is 4.92 Å². The molecule has 1 aliphatic rings. The second kappa shape index (κ2) is 5.62. The average molecular weight is 290 g/mol. The van der Waals surface area contributed by atoms with Gasteiger partial charge in [-0.3, -0.25) is 10.1 Å². The van der Waals surface area contributed by atoms with E-state index in [9.17, 15) is 10.1 Å². The lowest BCUT2D eigenvalue weighted by atomic mass is 10.1. The van der Waals surface area contributed by atoms with Crippen molar-refractivity contribution in [3.05, 3.63) is 34.6 Å². The van der Waals surface area contributed by atoms with E-state index in [0.717, 1.165) is 12.3 Å². The zero-order chi connectivity index (χ0) is 13.9. The van der Waals surface area contributed by atoms with Crippen LogP contribution in [0.5, 0.6) is 0 Å². The van der Waals surface area contributed by atoms with Gasteiger partial charge < -0.3 is 5.32 Å². The van der Waals surface area contributed by atoms with E-state index >= 15 is 0 Å². The van der Waals surface area contributed by atoms with Crippen LogP contribution in [-0.2, 0) is 0 Å². The first-order valence-corrected chi connectivity index (χ1v) is 7.60. The quantitative estimate of drug-likeness (QED) is 0.688. The third-order valence-electron chi connectivity index (χ3n) is 3.41. The molecule has 20 heavy (non-hydrogen) atoms. The molecule has 0 amide bonds. The maximum Gasteiger partial charge on any atom is 0.270 e. The molecule has 2 aromatic rings. The smallest absolute Gasteiger partial charge is 0.270 e. The monoisotopic (exact) mass is 290 g/mol. The summed E-state index contributed by atoms with van der Waals surface area (Å²) in [6, 6.07) is 4.65. The highest BCUT2D eigenvalue weighted by molar-refractivity contribution is 7.99. The number of thioether (sulfide) groups is 1. The molecule has 0 radical (unpaired) electrons. The largest absolute Gasteiger partial charge is 0.369 e. The van der Waals surface area contributed by atoms with Crippen LogP contribution in [0.4, 0.5) is 11.5 Å². The number of fused-ring (bicyclic) bond motifs is 1. The van der Waals surface area contributed by atoms with E-state index in [1.807, 2.05) is 11.8 Å². The third kappa shape index (κ3) is 2.67. The molecule has 1 saturated heterocycles. The van der Waals surface area contributed by atoms with Gasteiger partial charge in [0, 0.05) is 24.1 Å². The van der Waals surface area contributed by atoms with Crippen LogP contribution in [0, 0.1) is 16.0 Å². The molecule has 0 aliphatic carbocycles. The summed E-state index contributed by atoms with van der Waals surface area (Å²) in [5.74, 6) is 3.69. The van der Waals surface area contributed by atoms with Crippen LogP contribution in [0.1, 0.15) is 6.42 Å². The van der Waals surface area contributed by atoms with E-state index in [0.29, 0.717) is 22.6 Å². The fourth-order valence-electron chi connectivity index (χ4n) is 2.28. The first kappa shape index (κ1) is 13.1. The summed E-state index contributed by atoms with van der Waals surface area (Å²) in [6.45, 7) is 0.849.